The number of carbonyl (C=O) groups is 1. The van der Waals surface area contributed by atoms with Gasteiger partial charge in [0, 0.05) is 38.3 Å². The Morgan fingerprint density at radius 1 is 1.29 bits per heavy atom. The Bertz CT molecular complexity index is 798. The maximum Gasteiger partial charge on any atom is 0.290 e. The first kappa shape index (κ1) is 19.8. The number of carboxylic acid groups (broad SMARTS) is 1. The van der Waals surface area contributed by atoms with Gasteiger partial charge in [-0.3, -0.25) is 9.69 Å². The first-order chi connectivity index (χ1) is 13.7. The van der Waals surface area contributed by atoms with Crippen molar-refractivity contribution in [2.45, 2.75) is 12.6 Å². The molecule has 2 aliphatic heterocycles. The molecule has 1 N–H and O–H groups in total. The van der Waals surface area contributed by atoms with Gasteiger partial charge in [0.25, 0.3) is 6.47 Å². The lowest BCUT2D eigenvalue weighted by Crippen LogP contribution is -2.38. The number of benzene rings is 1. The summed E-state index contributed by atoms with van der Waals surface area (Å²) < 4.78 is 24.4. The van der Waals surface area contributed by atoms with Gasteiger partial charge < -0.3 is 24.1 Å². The number of tetrazole rings is 1. The number of aromatic nitrogens is 4. The Balaban J connectivity index is 0.000000706. The summed E-state index contributed by atoms with van der Waals surface area (Å²) in [6.45, 7) is 3.78. The van der Waals surface area contributed by atoms with Crippen LogP contribution in [-0.4, -0.2) is 76.7 Å². The van der Waals surface area contributed by atoms with Crippen LogP contribution in [0.1, 0.15) is 17.5 Å². The van der Waals surface area contributed by atoms with E-state index in [0.717, 1.165) is 41.7 Å². The van der Waals surface area contributed by atoms with Gasteiger partial charge in [-0.1, -0.05) is 0 Å². The second-order valence-corrected chi connectivity index (χ2v) is 6.17. The van der Waals surface area contributed by atoms with E-state index in [1.54, 1.807) is 11.8 Å². The van der Waals surface area contributed by atoms with Crippen molar-refractivity contribution in [1.82, 2.24) is 25.1 Å². The molecule has 4 rings (SSSR count). The van der Waals surface area contributed by atoms with Gasteiger partial charge in [0.2, 0.25) is 0 Å². The minimum atomic E-state index is -0.250. The Morgan fingerprint density at radius 3 is 2.64 bits per heavy atom. The molecule has 2 aliphatic rings. The van der Waals surface area contributed by atoms with Crippen LogP contribution < -0.4 is 14.2 Å². The van der Waals surface area contributed by atoms with Crippen LogP contribution in [0.3, 0.4) is 0 Å². The Labute approximate surface area is 161 Å². The van der Waals surface area contributed by atoms with Crippen LogP contribution in [-0.2, 0) is 23.1 Å². The molecule has 1 unspecified atom stereocenters. The lowest BCUT2D eigenvalue weighted by molar-refractivity contribution is -0.122. The highest BCUT2D eigenvalue weighted by molar-refractivity contribution is 5.51. The molecule has 1 atom stereocenters. The number of fused-ring (bicyclic) bond motifs is 1. The monoisotopic (exact) mass is 393 g/mol. The van der Waals surface area contributed by atoms with Crippen molar-refractivity contribution in [3.8, 4) is 17.2 Å². The molecule has 0 saturated carbocycles. The Kier molecular flexibility index (Phi) is 6.61. The van der Waals surface area contributed by atoms with E-state index in [0.29, 0.717) is 26.4 Å². The number of hydrogen-bond acceptors (Lipinski definition) is 9. The predicted molar refractivity (Wildman–Crippen MR) is 95.4 cm³/mol. The molecule has 11 heteroatoms. The van der Waals surface area contributed by atoms with Crippen molar-refractivity contribution in [1.29, 1.82) is 0 Å². The summed E-state index contributed by atoms with van der Waals surface area (Å²) in [5.41, 5.74) is 1.06. The van der Waals surface area contributed by atoms with E-state index >= 15 is 0 Å². The molecular formula is C17H23N5O6. The van der Waals surface area contributed by atoms with Crippen molar-refractivity contribution in [2.75, 3.05) is 40.0 Å². The molecule has 11 nitrogen and oxygen atoms in total. The quantitative estimate of drug-likeness (QED) is 0.724. The lowest BCUT2D eigenvalue weighted by Gasteiger charge is -2.32. The maximum absolute atomic E-state index is 8.36. The van der Waals surface area contributed by atoms with Crippen molar-refractivity contribution in [3.05, 3.63) is 23.5 Å². The number of rotatable bonds is 4. The normalized spacial score (nSPS) is 18.7. The minimum Gasteiger partial charge on any atom is -0.496 e. The summed E-state index contributed by atoms with van der Waals surface area (Å²) in [7, 11) is 3.49. The summed E-state index contributed by atoms with van der Waals surface area (Å²) in [6, 6.07) is 3.90. The van der Waals surface area contributed by atoms with E-state index in [1.165, 1.54) is 0 Å². The lowest BCUT2D eigenvalue weighted by atomic mass is 10.1. The van der Waals surface area contributed by atoms with Crippen LogP contribution in [0.25, 0.3) is 0 Å². The van der Waals surface area contributed by atoms with E-state index in [9.17, 15) is 0 Å². The van der Waals surface area contributed by atoms with Crippen molar-refractivity contribution in [3.63, 3.8) is 0 Å². The molecule has 3 heterocycles. The van der Waals surface area contributed by atoms with Gasteiger partial charge in [0.15, 0.2) is 17.3 Å². The third-order valence-electron chi connectivity index (χ3n) is 4.43. The van der Waals surface area contributed by atoms with Crippen LogP contribution in [0.4, 0.5) is 0 Å². The van der Waals surface area contributed by atoms with Crippen molar-refractivity contribution >= 4 is 6.47 Å². The van der Waals surface area contributed by atoms with E-state index in [-0.39, 0.29) is 12.6 Å². The van der Waals surface area contributed by atoms with Gasteiger partial charge in [0.05, 0.1) is 13.7 Å². The van der Waals surface area contributed by atoms with Crippen molar-refractivity contribution in [2.24, 2.45) is 7.05 Å². The summed E-state index contributed by atoms with van der Waals surface area (Å²) in [5, 5.41) is 18.5. The highest BCUT2D eigenvalue weighted by Gasteiger charge is 2.27. The zero-order chi connectivity index (χ0) is 19.9. The fraction of sp³-hybridized carbons (Fsp3) is 0.529. The number of nitrogens with zero attached hydrogens (tertiary/aromatic N) is 5. The molecule has 0 radical (unpaired) electrons. The molecular weight excluding hydrogens is 370 g/mol. The van der Waals surface area contributed by atoms with Crippen LogP contribution in [0.2, 0.25) is 0 Å². The largest absolute Gasteiger partial charge is 0.496 e. The summed E-state index contributed by atoms with van der Waals surface area (Å²) in [5.74, 6) is 3.03. The molecule has 2 aromatic rings. The summed E-state index contributed by atoms with van der Waals surface area (Å²) in [4.78, 5) is 10.7. The Hall–Kier alpha value is -2.92. The fourth-order valence-corrected chi connectivity index (χ4v) is 3.18. The van der Waals surface area contributed by atoms with E-state index < -0.39 is 0 Å². The van der Waals surface area contributed by atoms with Gasteiger partial charge in [-0.05, 0) is 16.5 Å². The average Bonchev–Trinajstić information content (AvgIpc) is 3.14. The first-order valence-electron chi connectivity index (χ1n) is 8.76. The smallest absolute Gasteiger partial charge is 0.290 e. The second-order valence-electron chi connectivity index (χ2n) is 6.17. The predicted octanol–water partition coefficient (Wildman–Crippen LogP) is 0.264. The van der Waals surface area contributed by atoms with Gasteiger partial charge in [0.1, 0.15) is 25.1 Å². The van der Waals surface area contributed by atoms with Crippen LogP contribution >= 0.6 is 0 Å². The molecule has 0 spiro atoms. The number of morpholine rings is 1. The standard InChI is InChI=1S/C16H21N5O4.CH2O2/c1-20-16(17-18-19-20)15-10-21(3-4-23-15)9-11-7-13-14(8-12(11)22-2)25-6-5-24-13;2-1-3/h7-8,15H,3-6,9-10H2,1-2H3;1H,(H,2,3). The molecule has 1 saturated heterocycles. The number of hydrogen-bond donors (Lipinski definition) is 1. The maximum atomic E-state index is 8.36. The fourth-order valence-electron chi connectivity index (χ4n) is 3.18. The zero-order valence-electron chi connectivity index (χ0n) is 15.8. The second kappa shape index (κ2) is 9.33. The highest BCUT2D eigenvalue weighted by atomic mass is 16.6. The average molecular weight is 393 g/mol. The SMILES string of the molecule is COc1cc2c(cc1CN1CCOC(c3nnnn3C)C1)OCCO2.O=CO. The molecule has 152 valence electrons. The zero-order valence-corrected chi connectivity index (χ0v) is 15.8. The van der Waals surface area contributed by atoms with Crippen LogP contribution in [0, 0.1) is 0 Å². The number of ether oxygens (including phenoxy) is 4. The van der Waals surface area contributed by atoms with Crippen LogP contribution in [0.15, 0.2) is 12.1 Å². The first-order valence-corrected chi connectivity index (χ1v) is 8.76. The van der Waals surface area contributed by atoms with E-state index in [4.69, 9.17) is 28.8 Å². The molecule has 0 aliphatic carbocycles. The molecule has 28 heavy (non-hydrogen) atoms. The van der Waals surface area contributed by atoms with Gasteiger partial charge >= 0.3 is 0 Å². The number of aryl methyl sites for hydroxylation is 1. The molecule has 0 bridgehead atoms. The molecule has 1 aromatic carbocycles. The van der Waals surface area contributed by atoms with E-state index in [1.807, 2.05) is 19.2 Å². The number of methoxy groups -OCH3 is 1. The minimum absolute atomic E-state index is 0.142. The summed E-state index contributed by atoms with van der Waals surface area (Å²) >= 11 is 0. The van der Waals surface area contributed by atoms with Crippen molar-refractivity contribution < 1.29 is 28.8 Å². The third kappa shape index (κ3) is 4.49. The van der Waals surface area contributed by atoms with E-state index in [2.05, 4.69) is 20.4 Å². The summed E-state index contributed by atoms with van der Waals surface area (Å²) in [6.07, 6.45) is -0.142. The Morgan fingerprint density at radius 2 is 2.00 bits per heavy atom. The van der Waals surface area contributed by atoms with Gasteiger partial charge in [-0.15, -0.1) is 5.10 Å². The van der Waals surface area contributed by atoms with Gasteiger partial charge in [-0.2, -0.15) is 0 Å². The third-order valence-corrected chi connectivity index (χ3v) is 4.43. The van der Waals surface area contributed by atoms with Crippen LogP contribution in [0.5, 0.6) is 17.2 Å². The molecule has 1 aromatic heterocycles. The molecule has 1 fully saturated rings. The van der Waals surface area contributed by atoms with Gasteiger partial charge in [-0.25, -0.2) is 4.68 Å². The topological polar surface area (TPSA) is 121 Å². The highest BCUT2D eigenvalue weighted by Crippen LogP contribution is 2.37. The molecule has 0 amide bonds.